The molecular weight excluding hydrogens is 273 g/mol. The van der Waals surface area contributed by atoms with Crippen molar-refractivity contribution in [1.82, 2.24) is 9.97 Å². The van der Waals surface area contributed by atoms with Gasteiger partial charge in [-0.15, -0.1) is 0 Å². The molecule has 0 fully saturated rings. The second-order valence-corrected chi connectivity index (χ2v) is 4.06. The summed E-state index contributed by atoms with van der Waals surface area (Å²) in [5.41, 5.74) is -0.720. The van der Waals surface area contributed by atoms with Crippen molar-refractivity contribution in [2.24, 2.45) is 0 Å². The molecule has 0 amide bonds. The van der Waals surface area contributed by atoms with E-state index in [1.165, 1.54) is 12.1 Å². The summed E-state index contributed by atoms with van der Waals surface area (Å²) < 4.78 is 38.9. The van der Waals surface area contributed by atoms with E-state index in [1.54, 1.807) is 6.92 Å². The second-order valence-electron chi connectivity index (χ2n) is 4.06. The van der Waals surface area contributed by atoms with E-state index >= 15 is 0 Å². The third kappa shape index (κ3) is 2.61. The number of halogens is 3. The van der Waals surface area contributed by atoms with Gasteiger partial charge in [-0.05, 0) is 24.6 Å². The van der Waals surface area contributed by atoms with Gasteiger partial charge in [0.2, 0.25) is 0 Å². The zero-order valence-corrected chi connectivity index (χ0v) is 10.3. The highest BCUT2D eigenvalue weighted by atomic mass is 19.3. The number of carboxylic acid groups (broad SMARTS) is 1. The zero-order chi connectivity index (χ0) is 14.9. The lowest BCUT2D eigenvalue weighted by atomic mass is 10.1. The van der Waals surface area contributed by atoms with E-state index in [-0.39, 0.29) is 11.4 Å². The smallest absolute Gasteiger partial charge is 0.339 e. The minimum Gasteiger partial charge on any atom is -0.478 e. The lowest BCUT2D eigenvalue weighted by molar-refractivity contribution is 0.0681. The molecule has 0 bridgehead atoms. The summed E-state index contributed by atoms with van der Waals surface area (Å²) >= 11 is 0. The highest BCUT2D eigenvalue weighted by molar-refractivity contribution is 5.88. The molecule has 7 heteroatoms. The number of carboxylic acids is 1. The van der Waals surface area contributed by atoms with Crippen molar-refractivity contribution in [3.63, 3.8) is 0 Å². The highest BCUT2D eigenvalue weighted by Gasteiger charge is 2.22. The SMILES string of the molecule is Cc1ccc(F)cc1-c1ncc(C(=O)O)c(C(F)F)n1. The van der Waals surface area contributed by atoms with Crippen LogP contribution in [0.15, 0.2) is 24.4 Å². The minimum absolute atomic E-state index is 0.137. The Balaban J connectivity index is 2.62. The fourth-order valence-corrected chi connectivity index (χ4v) is 1.69. The van der Waals surface area contributed by atoms with Crippen molar-refractivity contribution in [2.45, 2.75) is 13.3 Å². The molecule has 104 valence electrons. The first kappa shape index (κ1) is 14.0. The van der Waals surface area contributed by atoms with Crippen molar-refractivity contribution in [2.75, 3.05) is 0 Å². The van der Waals surface area contributed by atoms with Crippen molar-refractivity contribution >= 4 is 5.97 Å². The van der Waals surface area contributed by atoms with Crippen molar-refractivity contribution < 1.29 is 23.1 Å². The monoisotopic (exact) mass is 282 g/mol. The van der Waals surface area contributed by atoms with Gasteiger partial charge in [0, 0.05) is 11.8 Å². The quantitative estimate of drug-likeness (QED) is 0.938. The van der Waals surface area contributed by atoms with E-state index in [4.69, 9.17) is 5.11 Å². The maximum Gasteiger partial charge on any atom is 0.339 e. The van der Waals surface area contributed by atoms with Crippen LogP contribution in [0.3, 0.4) is 0 Å². The molecule has 0 spiro atoms. The molecule has 0 saturated heterocycles. The van der Waals surface area contributed by atoms with Gasteiger partial charge >= 0.3 is 5.97 Å². The van der Waals surface area contributed by atoms with Crippen LogP contribution < -0.4 is 0 Å². The fraction of sp³-hybridized carbons (Fsp3) is 0.154. The van der Waals surface area contributed by atoms with E-state index in [2.05, 4.69) is 9.97 Å². The zero-order valence-electron chi connectivity index (χ0n) is 10.3. The summed E-state index contributed by atoms with van der Waals surface area (Å²) in [6.45, 7) is 1.64. The molecule has 20 heavy (non-hydrogen) atoms. The van der Waals surface area contributed by atoms with E-state index in [1.807, 2.05) is 0 Å². The highest BCUT2D eigenvalue weighted by Crippen LogP contribution is 2.26. The van der Waals surface area contributed by atoms with Gasteiger partial charge in [-0.25, -0.2) is 27.9 Å². The Morgan fingerprint density at radius 3 is 2.65 bits per heavy atom. The minimum atomic E-state index is -3.06. The second kappa shape index (κ2) is 5.28. The Kier molecular flexibility index (Phi) is 3.69. The fourth-order valence-electron chi connectivity index (χ4n) is 1.69. The van der Waals surface area contributed by atoms with Gasteiger partial charge in [-0.3, -0.25) is 0 Å². The van der Waals surface area contributed by atoms with Crippen LogP contribution in [0.25, 0.3) is 11.4 Å². The molecule has 0 radical (unpaired) electrons. The molecule has 4 nitrogen and oxygen atoms in total. The van der Waals surface area contributed by atoms with E-state index in [0.717, 1.165) is 12.3 Å². The van der Waals surface area contributed by atoms with Crippen molar-refractivity contribution in [1.29, 1.82) is 0 Å². The Morgan fingerprint density at radius 1 is 1.35 bits per heavy atom. The number of hydrogen-bond donors (Lipinski definition) is 1. The number of aromatic nitrogens is 2. The average molecular weight is 282 g/mol. The Bertz CT molecular complexity index is 675. The van der Waals surface area contributed by atoms with Gasteiger partial charge in [-0.1, -0.05) is 6.07 Å². The molecule has 0 aliphatic heterocycles. The largest absolute Gasteiger partial charge is 0.478 e. The van der Waals surface area contributed by atoms with Gasteiger partial charge in [0.25, 0.3) is 6.43 Å². The molecule has 0 atom stereocenters. The van der Waals surface area contributed by atoms with Crippen LogP contribution in [-0.2, 0) is 0 Å². The number of nitrogens with zero attached hydrogens (tertiary/aromatic N) is 2. The van der Waals surface area contributed by atoms with Crippen molar-refractivity contribution in [3.05, 3.63) is 47.0 Å². The molecule has 0 aliphatic carbocycles. The maximum absolute atomic E-state index is 13.2. The summed E-state index contributed by atoms with van der Waals surface area (Å²) in [5.74, 6) is -2.24. The summed E-state index contributed by atoms with van der Waals surface area (Å²) in [4.78, 5) is 18.1. The molecule has 0 aliphatic rings. The summed E-state index contributed by atoms with van der Waals surface area (Å²) in [7, 11) is 0. The first-order valence-electron chi connectivity index (χ1n) is 5.55. The average Bonchev–Trinajstić information content (AvgIpc) is 2.40. The number of carbonyl (C=O) groups is 1. The lowest BCUT2D eigenvalue weighted by Gasteiger charge is -2.08. The normalized spacial score (nSPS) is 10.8. The van der Waals surface area contributed by atoms with Crippen LogP contribution in [0.5, 0.6) is 0 Å². The van der Waals surface area contributed by atoms with Crippen LogP contribution in [0, 0.1) is 12.7 Å². The predicted octanol–water partition coefficient (Wildman–Crippen LogP) is 3.23. The van der Waals surface area contributed by atoms with Gasteiger partial charge < -0.3 is 5.11 Å². The van der Waals surface area contributed by atoms with E-state index in [9.17, 15) is 18.0 Å². The van der Waals surface area contributed by atoms with E-state index < -0.39 is 29.5 Å². The van der Waals surface area contributed by atoms with Crippen molar-refractivity contribution in [3.8, 4) is 11.4 Å². The predicted molar refractivity (Wildman–Crippen MR) is 64.1 cm³/mol. The molecular formula is C13H9F3N2O2. The number of hydrogen-bond acceptors (Lipinski definition) is 3. The molecule has 1 aromatic carbocycles. The van der Waals surface area contributed by atoms with Crippen LogP contribution in [0.1, 0.15) is 28.0 Å². The number of alkyl halides is 2. The molecule has 0 unspecified atom stereocenters. The van der Waals surface area contributed by atoms with Gasteiger partial charge in [-0.2, -0.15) is 0 Å². The molecule has 2 aromatic rings. The lowest BCUT2D eigenvalue weighted by Crippen LogP contribution is -2.08. The van der Waals surface area contributed by atoms with Crippen LogP contribution >= 0.6 is 0 Å². The molecule has 2 rings (SSSR count). The summed E-state index contributed by atoms with van der Waals surface area (Å²) in [6, 6.07) is 3.79. The number of aryl methyl sites for hydroxylation is 1. The maximum atomic E-state index is 13.2. The standard InChI is InChI=1S/C13H9F3N2O2/c1-6-2-3-7(14)4-8(6)12-17-5-9(13(19)20)10(18-12)11(15)16/h2-5,11H,1H3,(H,19,20). The Labute approximate surface area is 111 Å². The third-order valence-corrected chi connectivity index (χ3v) is 2.70. The Morgan fingerprint density at radius 2 is 2.05 bits per heavy atom. The molecule has 1 aromatic heterocycles. The summed E-state index contributed by atoms with van der Waals surface area (Å²) in [5, 5.41) is 8.80. The number of rotatable bonds is 3. The van der Waals surface area contributed by atoms with Gasteiger partial charge in [0.05, 0.1) is 0 Å². The molecule has 1 N–H and O–H groups in total. The first-order valence-corrected chi connectivity index (χ1v) is 5.55. The topological polar surface area (TPSA) is 63.1 Å². The van der Waals surface area contributed by atoms with Crippen LogP contribution in [0.4, 0.5) is 13.2 Å². The number of aromatic carboxylic acids is 1. The molecule has 0 saturated carbocycles. The third-order valence-electron chi connectivity index (χ3n) is 2.70. The summed E-state index contributed by atoms with van der Waals surface area (Å²) in [6.07, 6.45) is -2.26. The van der Waals surface area contributed by atoms with Gasteiger partial charge in [0.15, 0.2) is 5.82 Å². The Hall–Kier alpha value is -2.44. The van der Waals surface area contributed by atoms with E-state index in [0.29, 0.717) is 5.56 Å². The first-order chi connectivity index (χ1) is 9.40. The van der Waals surface area contributed by atoms with Crippen LogP contribution in [-0.4, -0.2) is 21.0 Å². The van der Waals surface area contributed by atoms with Gasteiger partial charge in [0.1, 0.15) is 17.1 Å². The number of benzene rings is 1. The molecule has 1 heterocycles. The van der Waals surface area contributed by atoms with Crippen LogP contribution in [0.2, 0.25) is 0 Å².